The second-order valence-corrected chi connectivity index (χ2v) is 5.13. The van der Waals surface area contributed by atoms with E-state index < -0.39 is 11.4 Å². The van der Waals surface area contributed by atoms with Gasteiger partial charge in [0, 0.05) is 5.92 Å². The average molecular weight is 251 g/mol. The molecule has 0 aromatic carbocycles. The highest BCUT2D eigenvalue weighted by atomic mass is 16.2. The van der Waals surface area contributed by atoms with Crippen molar-refractivity contribution in [1.29, 1.82) is 0 Å². The van der Waals surface area contributed by atoms with Gasteiger partial charge in [-0.1, -0.05) is 44.9 Å². The summed E-state index contributed by atoms with van der Waals surface area (Å²) in [4.78, 5) is 31.2. The van der Waals surface area contributed by atoms with E-state index in [4.69, 9.17) is 0 Å². The molecule has 5 nitrogen and oxygen atoms in total. The molecule has 0 atom stereocenters. The fourth-order valence-electron chi connectivity index (χ4n) is 2.69. The SMILES string of the molecule is O=c1nc(C2CCCCCCCCC2)[nH]c(=O)[nH]1. The number of nitrogens with zero attached hydrogens (tertiary/aromatic N) is 1. The van der Waals surface area contributed by atoms with E-state index in [2.05, 4.69) is 15.0 Å². The molecule has 1 heterocycles. The van der Waals surface area contributed by atoms with Crippen molar-refractivity contribution in [3.8, 4) is 0 Å². The van der Waals surface area contributed by atoms with Gasteiger partial charge >= 0.3 is 11.4 Å². The first-order valence-corrected chi connectivity index (χ1v) is 6.96. The number of H-pyrrole nitrogens is 2. The van der Waals surface area contributed by atoms with E-state index in [0.717, 1.165) is 25.7 Å². The largest absolute Gasteiger partial charge is 0.350 e. The Hall–Kier alpha value is -1.39. The number of hydrogen-bond acceptors (Lipinski definition) is 3. The van der Waals surface area contributed by atoms with Crippen molar-refractivity contribution in [3.05, 3.63) is 26.8 Å². The lowest BCUT2D eigenvalue weighted by Gasteiger charge is -2.17. The molecule has 1 aromatic rings. The van der Waals surface area contributed by atoms with E-state index in [0.29, 0.717) is 5.82 Å². The van der Waals surface area contributed by atoms with E-state index >= 15 is 0 Å². The molecule has 0 unspecified atom stereocenters. The van der Waals surface area contributed by atoms with Gasteiger partial charge in [0.05, 0.1) is 0 Å². The van der Waals surface area contributed by atoms with Crippen LogP contribution >= 0.6 is 0 Å². The van der Waals surface area contributed by atoms with E-state index in [9.17, 15) is 9.59 Å². The summed E-state index contributed by atoms with van der Waals surface area (Å²) in [6, 6.07) is 0. The first-order valence-electron chi connectivity index (χ1n) is 6.96. The zero-order chi connectivity index (χ0) is 12.8. The van der Waals surface area contributed by atoms with Crippen molar-refractivity contribution in [3.63, 3.8) is 0 Å². The Morgan fingerprint density at radius 1 is 0.833 bits per heavy atom. The van der Waals surface area contributed by atoms with Crippen molar-refractivity contribution in [2.24, 2.45) is 0 Å². The molecule has 0 aliphatic heterocycles. The third-order valence-electron chi connectivity index (χ3n) is 3.68. The Labute approximate surface area is 106 Å². The predicted octanol–water partition coefficient (Wildman–Crippen LogP) is 2.07. The lowest BCUT2D eigenvalue weighted by molar-refractivity contribution is 0.447. The third-order valence-corrected chi connectivity index (χ3v) is 3.68. The molecule has 2 N–H and O–H groups in total. The highest BCUT2D eigenvalue weighted by Crippen LogP contribution is 2.26. The van der Waals surface area contributed by atoms with Crippen molar-refractivity contribution in [2.75, 3.05) is 0 Å². The molecule has 100 valence electrons. The predicted molar refractivity (Wildman–Crippen MR) is 69.8 cm³/mol. The van der Waals surface area contributed by atoms with Crippen molar-refractivity contribution < 1.29 is 0 Å². The fraction of sp³-hybridized carbons (Fsp3) is 0.769. The minimum Gasteiger partial charge on any atom is -0.295 e. The number of rotatable bonds is 1. The summed E-state index contributed by atoms with van der Waals surface area (Å²) in [6.45, 7) is 0. The van der Waals surface area contributed by atoms with Crippen LogP contribution in [0.1, 0.15) is 69.5 Å². The topological polar surface area (TPSA) is 78.6 Å². The molecule has 2 rings (SSSR count). The fourth-order valence-corrected chi connectivity index (χ4v) is 2.69. The van der Waals surface area contributed by atoms with Gasteiger partial charge in [0.15, 0.2) is 0 Å². The number of aromatic nitrogens is 3. The van der Waals surface area contributed by atoms with Gasteiger partial charge in [-0.3, -0.25) is 9.97 Å². The quantitative estimate of drug-likeness (QED) is 0.802. The Bertz CT molecular complexity index is 439. The second-order valence-electron chi connectivity index (χ2n) is 5.13. The molecule has 1 aliphatic carbocycles. The van der Waals surface area contributed by atoms with Gasteiger partial charge in [0.25, 0.3) is 0 Å². The van der Waals surface area contributed by atoms with Gasteiger partial charge in [-0.05, 0) is 12.8 Å². The van der Waals surface area contributed by atoms with Gasteiger partial charge in [-0.25, -0.2) is 9.59 Å². The van der Waals surface area contributed by atoms with Crippen LogP contribution < -0.4 is 11.4 Å². The van der Waals surface area contributed by atoms with Gasteiger partial charge in [0.1, 0.15) is 5.82 Å². The average Bonchev–Trinajstić information content (AvgIpc) is 2.34. The van der Waals surface area contributed by atoms with Crippen LogP contribution in [0.25, 0.3) is 0 Å². The van der Waals surface area contributed by atoms with Crippen LogP contribution in [-0.2, 0) is 0 Å². The van der Waals surface area contributed by atoms with Crippen LogP contribution in [0.15, 0.2) is 9.59 Å². The van der Waals surface area contributed by atoms with E-state index in [1.807, 2.05) is 0 Å². The molecule has 1 fully saturated rings. The molecule has 0 bridgehead atoms. The maximum absolute atomic E-state index is 11.3. The molecule has 1 saturated carbocycles. The lowest BCUT2D eigenvalue weighted by atomic mass is 9.92. The van der Waals surface area contributed by atoms with Crippen LogP contribution in [0.2, 0.25) is 0 Å². The summed E-state index contributed by atoms with van der Waals surface area (Å²) in [5.74, 6) is 0.808. The van der Waals surface area contributed by atoms with Gasteiger partial charge in [-0.2, -0.15) is 4.98 Å². The monoisotopic (exact) mass is 251 g/mol. The molecular formula is C13H21N3O2. The molecule has 0 radical (unpaired) electrons. The minimum atomic E-state index is -0.536. The maximum Gasteiger partial charge on any atom is 0.350 e. The number of hydrogen-bond donors (Lipinski definition) is 2. The van der Waals surface area contributed by atoms with Crippen molar-refractivity contribution >= 4 is 0 Å². The van der Waals surface area contributed by atoms with Crippen LogP contribution in [0.5, 0.6) is 0 Å². The van der Waals surface area contributed by atoms with Gasteiger partial charge < -0.3 is 0 Å². The number of nitrogens with one attached hydrogen (secondary N) is 2. The highest BCUT2D eigenvalue weighted by Gasteiger charge is 2.15. The lowest BCUT2D eigenvalue weighted by Crippen LogP contribution is -2.28. The Balaban J connectivity index is 2.11. The normalized spacial score (nSPS) is 19.6. The first-order chi connectivity index (χ1) is 8.75. The molecule has 5 heteroatoms. The van der Waals surface area contributed by atoms with Crippen molar-refractivity contribution in [2.45, 2.75) is 63.7 Å². The Morgan fingerprint density at radius 2 is 1.39 bits per heavy atom. The third kappa shape index (κ3) is 3.82. The molecule has 0 spiro atoms. The summed E-state index contributed by atoms with van der Waals surface area (Å²) < 4.78 is 0. The molecule has 1 aliphatic rings. The highest BCUT2D eigenvalue weighted by molar-refractivity contribution is 4.94. The van der Waals surface area contributed by atoms with E-state index in [-0.39, 0.29) is 5.92 Å². The smallest absolute Gasteiger partial charge is 0.295 e. The second kappa shape index (κ2) is 6.52. The standard InChI is InChI=1S/C13H21N3O2/c17-12-14-11(15-13(18)16-12)10-8-6-4-2-1-3-5-7-9-10/h10H,1-9H2,(H2,14,15,16,17,18). The molecule has 1 aromatic heterocycles. The zero-order valence-electron chi connectivity index (χ0n) is 10.7. The summed E-state index contributed by atoms with van der Waals surface area (Å²) in [5.41, 5.74) is -0.979. The molecular weight excluding hydrogens is 230 g/mol. The first kappa shape index (κ1) is 13.1. The van der Waals surface area contributed by atoms with Crippen molar-refractivity contribution in [1.82, 2.24) is 15.0 Å². The zero-order valence-corrected chi connectivity index (χ0v) is 10.7. The maximum atomic E-state index is 11.3. The van der Waals surface area contributed by atoms with Crippen LogP contribution in [-0.4, -0.2) is 15.0 Å². The summed E-state index contributed by atoms with van der Waals surface area (Å²) in [5, 5.41) is 0. The minimum absolute atomic E-state index is 0.234. The summed E-state index contributed by atoms with van der Waals surface area (Å²) >= 11 is 0. The Morgan fingerprint density at radius 3 is 1.94 bits per heavy atom. The van der Waals surface area contributed by atoms with Gasteiger partial charge in [-0.15, -0.1) is 0 Å². The summed E-state index contributed by atoms with van der Waals surface area (Å²) in [6.07, 6.45) is 10.8. The molecule has 0 saturated heterocycles. The number of aromatic amines is 2. The molecule has 18 heavy (non-hydrogen) atoms. The van der Waals surface area contributed by atoms with E-state index in [1.165, 1.54) is 32.1 Å². The van der Waals surface area contributed by atoms with Gasteiger partial charge in [0.2, 0.25) is 0 Å². The molecule has 0 amide bonds. The van der Waals surface area contributed by atoms with Crippen LogP contribution in [0, 0.1) is 0 Å². The van der Waals surface area contributed by atoms with E-state index in [1.54, 1.807) is 0 Å². The van der Waals surface area contributed by atoms with Crippen LogP contribution in [0.3, 0.4) is 0 Å². The van der Waals surface area contributed by atoms with Crippen LogP contribution in [0.4, 0.5) is 0 Å². The Kier molecular flexibility index (Phi) is 4.73. The summed E-state index contributed by atoms with van der Waals surface area (Å²) in [7, 11) is 0.